The normalized spacial score (nSPS) is 13.2. The molecule has 5 aromatic carbocycles. The molecule has 150 valence electrons. The maximum Gasteiger partial charge on any atom is 0.268 e. The highest BCUT2D eigenvalue weighted by Gasteiger charge is 2.35. The average molecular weight is 440 g/mol. The second-order valence-corrected chi connectivity index (χ2v) is 10.3. The summed E-state index contributed by atoms with van der Waals surface area (Å²) < 4.78 is 29.3. The molecule has 0 unspecified atom stereocenters. The van der Waals surface area contributed by atoms with E-state index >= 15 is 0 Å². The lowest BCUT2D eigenvalue weighted by atomic mass is 10.1. The van der Waals surface area contributed by atoms with Gasteiger partial charge in [0.05, 0.1) is 16.3 Å². The molecule has 1 aliphatic rings. The van der Waals surface area contributed by atoms with Gasteiger partial charge in [0.2, 0.25) is 0 Å². The van der Waals surface area contributed by atoms with Gasteiger partial charge in [0.25, 0.3) is 10.0 Å². The third-order valence-electron chi connectivity index (χ3n) is 5.64. The second-order valence-electron chi connectivity index (χ2n) is 7.45. The molecule has 31 heavy (non-hydrogen) atoms. The van der Waals surface area contributed by atoms with Gasteiger partial charge >= 0.3 is 0 Å². The maximum atomic E-state index is 13.9. The molecule has 0 N–H and O–H groups in total. The fraction of sp³-hybridized carbons (Fsp3) is 0. The van der Waals surface area contributed by atoms with Crippen LogP contribution in [0.25, 0.3) is 21.5 Å². The van der Waals surface area contributed by atoms with Crippen molar-refractivity contribution >= 4 is 54.7 Å². The van der Waals surface area contributed by atoms with Crippen molar-refractivity contribution in [3.8, 4) is 0 Å². The molecule has 0 saturated heterocycles. The van der Waals surface area contributed by atoms with E-state index in [2.05, 4.69) is 24.3 Å². The fourth-order valence-corrected chi connectivity index (χ4v) is 7.16. The van der Waals surface area contributed by atoms with E-state index in [4.69, 9.17) is 0 Å². The highest BCUT2D eigenvalue weighted by atomic mass is 32.2. The molecule has 0 spiro atoms. The molecule has 0 atom stereocenters. The average Bonchev–Trinajstić information content (AvgIpc) is 2.83. The van der Waals surface area contributed by atoms with Crippen molar-refractivity contribution in [1.82, 2.24) is 0 Å². The van der Waals surface area contributed by atoms with Crippen LogP contribution in [-0.4, -0.2) is 8.42 Å². The third-order valence-corrected chi connectivity index (χ3v) is 8.65. The lowest BCUT2D eigenvalue weighted by Crippen LogP contribution is -2.28. The van der Waals surface area contributed by atoms with Crippen molar-refractivity contribution in [3.63, 3.8) is 0 Å². The third kappa shape index (κ3) is 2.77. The number of anilines is 2. The summed E-state index contributed by atoms with van der Waals surface area (Å²) in [6.07, 6.45) is 0. The SMILES string of the molecule is O=S(=O)(c1ccccc1)N1c2ccc3ccccc3c2Sc2c1ccc1ccccc21. The molecule has 0 aromatic heterocycles. The smallest absolute Gasteiger partial charge is 0.232 e. The summed E-state index contributed by atoms with van der Waals surface area (Å²) >= 11 is 1.65. The molecule has 6 rings (SSSR count). The van der Waals surface area contributed by atoms with Gasteiger partial charge in [0.15, 0.2) is 0 Å². The van der Waals surface area contributed by atoms with Crippen molar-refractivity contribution in [2.45, 2.75) is 14.7 Å². The summed E-state index contributed by atoms with van der Waals surface area (Å²) in [7, 11) is -3.81. The van der Waals surface area contributed by atoms with Gasteiger partial charge in [0, 0.05) is 9.79 Å². The summed E-state index contributed by atoms with van der Waals surface area (Å²) in [5.41, 5.74) is 1.38. The van der Waals surface area contributed by atoms with Gasteiger partial charge < -0.3 is 0 Å². The predicted octanol–water partition coefficient (Wildman–Crippen LogP) is 6.98. The van der Waals surface area contributed by atoms with E-state index in [-0.39, 0.29) is 4.90 Å². The molecule has 0 bridgehead atoms. The van der Waals surface area contributed by atoms with Gasteiger partial charge in [-0.3, -0.25) is 0 Å². The minimum atomic E-state index is -3.81. The molecule has 0 aliphatic carbocycles. The van der Waals surface area contributed by atoms with Gasteiger partial charge in [0.1, 0.15) is 0 Å². The van der Waals surface area contributed by atoms with Crippen LogP contribution in [0.1, 0.15) is 0 Å². The monoisotopic (exact) mass is 439 g/mol. The molecule has 5 heteroatoms. The van der Waals surface area contributed by atoms with E-state index in [1.165, 1.54) is 4.31 Å². The Balaban J connectivity index is 1.72. The molecule has 5 aromatic rings. The van der Waals surface area contributed by atoms with E-state index in [0.717, 1.165) is 31.3 Å². The number of fused-ring (bicyclic) bond motifs is 6. The van der Waals surface area contributed by atoms with E-state index in [1.54, 1.807) is 36.0 Å². The van der Waals surface area contributed by atoms with Crippen LogP contribution in [0.5, 0.6) is 0 Å². The molecule has 1 aliphatic heterocycles. The number of hydrogen-bond acceptors (Lipinski definition) is 3. The number of hydrogen-bond donors (Lipinski definition) is 0. The minimum absolute atomic E-state index is 0.278. The van der Waals surface area contributed by atoms with Crippen molar-refractivity contribution in [3.05, 3.63) is 103 Å². The van der Waals surface area contributed by atoms with Crippen LogP contribution in [0.2, 0.25) is 0 Å². The molecule has 3 nitrogen and oxygen atoms in total. The molecule has 1 heterocycles. The Morgan fingerprint density at radius 1 is 0.548 bits per heavy atom. The Hall–Kier alpha value is -3.28. The first-order valence-electron chi connectivity index (χ1n) is 9.96. The fourth-order valence-electron chi connectivity index (χ4n) is 4.19. The van der Waals surface area contributed by atoms with Gasteiger partial charge in [-0.05, 0) is 45.8 Å². The predicted molar refractivity (Wildman–Crippen MR) is 128 cm³/mol. The Bertz CT molecular complexity index is 1490. The molecular formula is C26H17NO2S2. The van der Waals surface area contributed by atoms with Crippen LogP contribution in [0.15, 0.2) is 118 Å². The largest absolute Gasteiger partial charge is 0.268 e. The number of rotatable bonds is 2. The van der Waals surface area contributed by atoms with Crippen LogP contribution in [0, 0.1) is 0 Å². The topological polar surface area (TPSA) is 37.4 Å². The lowest BCUT2D eigenvalue weighted by Gasteiger charge is -2.33. The first-order chi connectivity index (χ1) is 15.1. The van der Waals surface area contributed by atoms with Gasteiger partial charge in [-0.1, -0.05) is 90.6 Å². The van der Waals surface area contributed by atoms with Crippen molar-refractivity contribution in [2.75, 3.05) is 4.31 Å². The molecule has 0 radical (unpaired) electrons. The highest BCUT2D eigenvalue weighted by molar-refractivity contribution is 8.00. The Labute approximate surface area is 185 Å². The van der Waals surface area contributed by atoms with Crippen LogP contribution in [0.4, 0.5) is 11.4 Å². The summed E-state index contributed by atoms with van der Waals surface area (Å²) in [6.45, 7) is 0. The van der Waals surface area contributed by atoms with E-state index in [1.807, 2.05) is 54.6 Å². The van der Waals surface area contributed by atoms with Gasteiger partial charge in [-0.25, -0.2) is 12.7 Å². The standard InChI is InChI=1S/C26H17NO2S2/c28-31(29,20-10-2-1-3-11-20)27-23-16-14-18-8-4-6-12-21(18)25(23)30-26-22-13-7-5-9-19(22)15-17-24(26)27/h1-17H. The molecule has 0 amide bonds. The summed E-state index contributed by atoms with van der Waals surface area (Å²) in [4.78, 5) is 2.20. The first kappa shape index (κ1) is 18.5. The van der Waals surface area contributed by atoms with E-state index < -0.39 is 10.0 Å². The number of nitrogens with zero attached hydrogens (tertiary/aromatic N) is 1. The maximum absolute atomic E-state index is 13.9. The van der Waals surface area contributed by atoms with Crippen molar-refractivity contribution in [2.24, 2.45) is 0 Å². The second kappa shape index (κ2) is 6.87. The molecule has 0 fully saturated rings. The zero-order valence-corrected chi connectivity index (χ0v) is 18.0. The molecular weight excluding hydrogens is 422 g/mol. The zero-order valence-electron chi connectivity index (χ0n) is 16.4. The lowest BCUT2D eigenvalue weighted by molar-refractivity contribution is 0.595. The summed E-state index contributed by atoms with van der Waals surface area (Å²) in [5.74, 6) is 0. The van der Waals surface area contributed by atoms with Crippen molar-refractivity contribution in [1.29, 1.82) is 0 Å². The Kier molecular flexibility index (Phi) is 4.10. The van der Waals surface area contributed by atoms with Gasteiger partial charge in [-0.2, -0.15) is 0 Å². The number of benzene rings is 5. The van der Waals surface area contributed by atoms with E-state index in [9.17, 15) is 8.42 Å². The van der Waals surface area contributed by atoms with E-state index in [0.29, 0.717) is 11.4 Å². The zero-order chi connectivity index (χ0) is 21.0. The highest BCUT2D eigenvalue weighted by Crippen LogP contribution is 2.54. The molecule has 0 saturated carbocycles. The quantitative estimate of drug-likeness (QED) is 0.298. The summed E-state index contributed by atoms with van der Waals surface area (Å²) in [6, 6.07) is 32.7. The Morgan fingerprint density at radius 2 is 1.03 bits per heavy atom. The summed E-state index contributed by atoms with van der Waals surface area (Å²) in [5, 5.41) is 4.29. The first-order valence-corrected chi connectivity index (χ1v) is 12.2. The van der Waals surface area contributed by atoms with Crippen LogP contribution >= 0.6 is 11.8 Å². The van der Waals surface area contributed by atoms with Crippen LogP contribution in [-0.2, 0) is 10.0 Å². The van der Waals surface area contributed by atoms with Crippen LogP contribution in [0.3, 0.4) is 0 Å². The van der Waals surface area contributed by atoms with Crippen LogP contribution < -0.4 is 4.31 Å². The Morgan fingerprint density at radius 3 is 1.58 bits per heavy atom. The number of sulfonamides is 1. The minimum Gasteiger partial charge on any atom is -0.232 e. The van der Waals surface area contributed by atoms with Gasteiger partial charge in [-0.15, -0.1) is 0 Å². The van der Waals surface area contributed by atoms with Crippen molar-refractivity contribution < 1.29 is 8.42 Å².